The van der Waals surface area contributed by atoms with Gasteiger partial charge in [-0.25, -0.2) is 8.42 Å². The molecule has 0 radical (unpaired) electrons. The van der Waals surface area contributed by atoms with Gasteiger partial charge in [0.2, 0.25) is 27.6 Å². The van der Waals surface area contributed by atoms with Crippen molar-refractivity contribution in [2.45, 2.75) is 38.5 Å². The Morgan fingerprint density at radius 3 is 2.56 bits per heavy atom. The highest BCUT2D eigenvalue weighted by Crippen LogP contribution is 2.35. The summed E-state index contributed by atoms with van der Waals surface area (Å²) in [5.74, 6) is 0.416. The SMILES string of the molecule is Cc1nc(-c2cc(S(=O)(=O)N3CCC(C(=O)Nc4ccc(C)c(Cl)c4)CC3)c(C)s2)no1. The topological polar surface area (TPSA) is 105 Å². The van der Waals surface area contributed by atoms with Gasteiger partial charge in [-0.3, -0.25) is 4.79 Å². The zero-order chi connectivity index (χ0) is 23.0. The van der Waals surface area contributed by atoms with Crippen molar-refractivity contribution in [2.24, 2.45) is 5.92 Å². The predicted molar refractivity (Wildman–Crippen MR) is 123 cm³/mol. The number of aromatic nitrogens is 2. The fourth-order valence-corrected chi connectivity index (χ4v) is 6.78. The van der Waals surface area contributed by atoms with E-state index in [-0.39, 0.29) is 29.8 Å². The van der Waals surface area contributed by atoms with Crippen LogP contribution < -0.4 is 5.32 Å². The van der Waals surface area contributed by atoms with Crippen LogP contribution >= 0.6 is 22.9 Å². The average molecular weight is 495 g/mol. The smallest absolute Gasteiger partial charge is 0.244 e. The van der Waals surface area contributed by atoms with Crippen LogP contribution in [0.15, 0.2) is 33.7 Å². The number of sulfonamides is 1. The summed E-state index contributed by atoms with van der Waals surface area (Å²) in [6, 6.07) is 6.97. The molecule has 0 spiro atoms. The molecule has 3 heterocycles. The van der Waals surface area contributed by atoms with Crippen LogP contribution in [0.5, 0.6) is 0 Å². The largest absolute Gasteiger partial charge is 0.339 e. The minimum Gasteiger partial charge on any atom is -0.339 e. The number of piperidine rings is 1. The summed E-state index contributed by atoms with van der Waals surface area (Å²) < 4.78 is 32.9. The second-order valence-electron chi connectivity index (χ2n) is 7.80. The summed E-state index contributed by atoms with van der Waals surface area (Å²) >= 11 is 7.44. The molecular formula is C21H23ClN4O4S2. The molecule has 170 valence electrons. The average Bonchev–Trinajstić information content (AvgIpc) is 3.36. The molecule has 0 unspecified atom stereocenters. The minimum absolute atomic E-state index is 0.122. The van der Waals surface area contributed by atoms with E-state index in [1.807, 2.05) is 13.0 Å². The Morgan fingerprint density at radius 1 is 1.22 bits per heavy atom. The first-order valence-corrected chi connectivity index (χ1v) is 12.8. The zero-order valence-corrected chi connectivity index (χ0v) is 20.3. The van der Waals surface area contributed by atoms with Crippen LogP contribution in [-0.2, 0) is 14.8 Å². The van der Waals surface area contributed by atoms with Gasteiger partial charge in [-0.2, -0.15) is 9.29 Å². The van der Waals surface area contributed by atoms with Crippen molar-refractivity contribution in [3.63, 3.8) is 0 Å². The van der Waals surface area contributed by atoms with E-state index in [0.717, 1.165) is 5.56 Å². The molecule has 1 saturated heterocycles. The van der Waals surface area contributed by atoms with Crippen molar-refractivity contribution in [3.8, 4) is 10.7 Å². The Bertz CT molecular complexity index is 1260. The number of nitrogens with one attached hydrogen (secondary N) is 1. The lowest BCUT2D eigenvalue weighted by atomic mass is 9.97. The third-order valence-corrected chi connectivity index (χ3v) is 9.11. The van der Waals surface area contributed by atoms with E-state index in [0.29, 0.717) is 45.0 Å². The number of nitrogens with zero attached hydrogens (tertiary/aromatic N) is 3. The van der Waals surface area contributed by atoms with Crippen molar-refractivity contribution in [3.05, 3.63) is 45.6 Å². The third-order valence-electron chi connectivity index (χ3n) is 5.50. The lowest BCUT2D eigenvalue weighted by Crippen LogP contribution is -2.41. The van der Waals surface area contributed by atoms with E-state index in [4.69, 9.17) is 16.1 Å². The summed E-state index contributed by atoms with van der Waals surface area (Å²) in [5.41, 5.74) is 1.57. The number of aryl methyl sites for hydroxylation is 3. The van der Waals surface area contributed by atoms with Gasteiger partial charge in [0.1, 0.15) is 0 Å². The Balaban J connectivity index is 1.42. The molecule has 0 aliphatic carbocycles. The van der Waals surface area contributed by atoms with Gasteiger partial charge in [0.15, 0.2) is 0 Å². The molecule has 0 atom stereocenters. The highest BCUT2D eigenvalue weighted by atomic mass is 35.5. The predicted octanol–water partition coefficient (Wildman–Crippen LogP) is 4.42. The van der Waals surface area contributed by atoms with Crippen molar-refractivity contribution in [2.75, 3.05) is 18.4 Å². The number of hydrogen-bond donors (Lipinski definition) is 1. The fraction of sp³-hybridized carbons (Fsp3) is 0.381. The maximum atomic E-state index is 13.2. The monoisotopic (exact) mass is 494 g/mol. The van der Waals surface area contributed by atoms with Crippen molar-refractivity contribution in [1.29, 1.82) is 0 Å². The first kappa shape index (κ1) is 22.9. The van der Waals surface area contributed by atoms with Crippen molar-refractivity contribution < 1.29 is 17.7 Å². The fourth-order valence-electron chi connectivity index (χ4n) is 3.64. The van der Waals surface area contributed by atoms with Gasteiger partial charge in [-0.05, 0) is 50.5 Å². The molecule has 0 saturated carbocycles. The van der Waals surface area contributed by atoms with Crippen LogP contribution in [0.2, 0.25) is 5.02 Å². The number of carbonyl (C=O) groups excluding carboxylic acids is 1. The number of hydrogen-bond acceptors (Lipinski definition) is 7. The van der Waals surface area contributed by atoms with Crippen LogP contribution in [0, 0.1) is 26.7 Å². The second-order valence-corrected chi connectivity index (χ2v) is 11.4. The molecule has 1 aliphatic rings. The van der Waals surface area contributed by atoms with Crippen LogP contribution in [0.1, 0.15) is 29.2 Å². The van der Waals surface area contributed by atoms with Gasteiger partial charge < -0.3 is 9.84 Å². The maximum Gasteiger partial charge on any atom is 0.244 e. The third kappa shape index (κ3) is 4.59. The van der Waals surface area contributed by atoms with Gasteiger partial charge in [-0.15, -0.1) is 11.3 Å². The van der Waals surface area contributed by atoms with E-state index < -0.39 is 10.0 Å². The molecule has 3 aromatic rings. The number of carbonyl (C=O) groups is 1. The minimum atomic E-state index is -3.68. The van der Waals surface area contributed by atoms with Crippen molar-refractivity contribution >= 4 is 44.6 Å². The summed E-state index contributed by atoms with van der Waals surface area (Å²) in [7, 11) is -3.68. The number of benzene rings is 1. The van der Waals surface area contributed by atoms with Crippen LogP contribution in [0.3, 0.4) is 0 Å². The molecule has 32 heavy (non-hydrogen) atoms. The molecule has 2 aromatic heterocycles. The first-order valence-electron chi connectivity index (χ1n) is 10.1. The number of rotatable bonds is 5. The number of anilines is 1. The van der Waals surface area contributed by atoms with Gasteiger partial charge in [0.05, 0.1) is 9.77 Å². The maximum absolute atomic E-state index is 13.2. The Kier molecular flexibility index (Phi) is 6.39. The van der Waals surface area contributed by atoms with Gasteiger partial charge in [0, 0.05) is 41.5 Å². The van der Waals surface area contributed by atoms with E-state index >= 15 is 0 Å². The highest BCUT2D eigenvalue weighted by Gasteiger charge is 2.34. The van der Waals surface area contributed by atoms with E-state index in [1.54, 1.807) is 32.0 Å². The second kappa shape index (κ2) is 8.93. The molecule has 0 bridgehead atoms. The van der Waals surface area contributed by atoms with Crippen LogP contribution in [-0.4, -0.2) is 41.9 Å². The van der Waals surface area contributed by atoms with Crippen LogP contribution in [0.25, 0.3) is 10.7 Å². The van der Waals surface area contributed by atoms with Crippen LogP contribution in [0.4, 0.5) is 5.69 Å². The Labute approximate surface area is 195 Å². The Morgan fingerprint density at radius 2 is 1.94 bits per heavy atom. The number of amides is 1. The quantitative estimate of drug-likeness (QED) is 0.563. The van der Waals surface area contributed by atoms with Gasteiger partial charge in [-0.1, -0.05) is 22.8 Å². The lowest BCUT2D eigenvalue weighted by molar-refractivity contribution is -0.120. The molecule has 1 N–H and O–H groups in total. The van der Waals surface area contributed by atoms with Gasteiger partial charge >= 0.3 is 0 Å². The zero-order valence-electron chi connectivity index (χ0n) is 17.9. The summed E-state index contributed by atoms with van der Waals surface area (Å²) in [5, 5.41) is 7.35. The number of halogens is 1. The normalized spacial score (nSPS) is 15.8. The molecule has 1 aliphatic heterocycles. The molecule has 4 rings (SSSR count). The van der Waals surface area contributed by atoms with Crippen molar-refractivity contribution in [1.82, 2.24) is 14.4 Å². The molecule has 11 heteroatoms. The lowest BCUT2D eigenvalue weighted by Gasteiger charge is -2.30. The highest BCUT2D eigenvalue weighted by molar-refractivity contribution is 7.89. The molecular weight excluding hydrogens is 472 g/mol. The Hall–Kier alpha value is -2.27. The molecule has 1 fully saturated rings. The van der Waals surface area contributed by atoms with E-state index in [1.165, 1.54) is 15.6 Å². The summed E-state index contributed by atoms with van der Waals surface area (Å²) in [6.07, 6.45) is 0.898. The standard InChI is InChI=1S/C21H23ClN4O4S2/c1-12-4-5-16(10-17(12)22)24-21(27)15-6-8-26(9-7-15)32(28,29)19-11-18(31-13(19)2)20-23-14(3)30-25-20/h4-5,10-11,15H,6-9H2,1-3H3,(H,24,27). The summed E-state index contributed by atoms with van der Waals surface area (Å²) in [4.78, 5) is 18.4. The van der Waals surface area contributed by atoms with E-state index in [2.05, 4.69) is 15.5 Å². The summed E-state index contributed by atoms with van der Waals surface area (Å²) in [6.45, 7) is 5.90. The van der Waals surface area contributed by atoms with Gasteiger partial charge in [0.25, 0.3) is 0 Å². The molecule has 8 nitrogen and oxygen atoms in total. The number of thiophene rings is 1. The van der Waals surface area contributed by atoms with E-state index in [9.17, 15) is 13.2 Å². The molecule has 1 amide bonds. The first-order chi connectivity index (χ1) is 15.1. The molecule has 1 aromatic carbocycles.